The molecule has 1 aliphatic rings. The first-order chi connectivity index (χ1) is 12.3. The molecule has 0 bridgehead atoms. The molecule has 26 heavy (non-hydrogen) atoms. The lowest BCUT2D eigenvalue weighted by atomic mass is 9.93. The van der Waals surface area contributed by atoms with Crippen molar-refractivity contribution in [2.45, 2.75) is 46.6 Å². The van der Waals surface area contributed by atoms with E-state index in [-0.39, 0.29) is 22.9 Å². The molecule has 1 saturated heterocycles. The van der Waals surface area contributed by atoms with E-state index < -0.39 is 0 Å². The molecule has 1 aliphatic heterocycles. The van der Waals surface area contributed by atoms with Crippen molar-refractivity contribution in [2.24, 2.45) is 5.41 Å². The van der Waals surface area contributed by atoms with E-state index in [1.807, 2.05) is 62.9 Å². The lowest BCUT2D eigenvalue weighted by molar-refractivity contribution is -0.140. The zero-order chi connectivity index (χ0) is 18.9. The number of aromatic nitrogens is 2. The second-order valence-corrected chi connectivity index (χ2v) is 8.10. The maximum absolute atomic E-state index is 12.5. The molecule has 0 saturated carbocycles. The van der Waals surface area contributed by atoms with Crippen LogP contribution in [-0.4, -0.2) is 33.7 Å². The van der Waals surface area contributed by atoms with E-state index in [0.717, 1.165) is 29.7 Å². The topological polar surface area (TPSA) is 55.2 Å². The fourth-order valence-electron chi connectivity index (χ4n) is 3.49. The third-order valence-electron chi connectivity index (χ3n) is 4.93. The van der Waals surface area contributed by atoms with Gasteiger partial charge in [0.2, 0.25) is 5.91 Å². The molecular weight excluding hydrogens is 326 g/mol. The molecule has 2 heterocycles. The quantitative estimate of drug-likeness (QED) is 0.831. The second-order valence-electron chi connectivity index (χ2n) is 8.10. The van der Waals surface area contributed by atoms with Crippen LogP contribution >= 0.6 is 0 Å². The summed E-state index contributed by atoms with van der Waals surface area (Å²) in [5.74, 6) is 0.171. The van der Waals surface area contributed by atoms with Crippen LogP contribution in [0.5, 0.6) is 0 Å². The van der Waals surface area contributed by atoms with Gasteiger partial charge >= 0.3 is 0 Å². The Morgan fingerprint density at radius 1 is 1.12 bits per heavy atom. The lowest BCUT2D eigenvalue weighted by Crippen LogP contribution is -2.45. The third kappa shape index (κ3) is 3.71. The van der Waals surface area contributed by atoms with Gasteiger partial charge < -0.3 is 4.90 Å². The van der Waals surface area contributed by atoms with Crippen LogP contribution in [0.2, 0.25) is 0 Å². The van der Waals surface area contributed by atoms with Crippen molar-refractivity contribution in [1.82, 2.24) is 14.7 Å². The Hall–Kier alpha value is -2.43. The number of nitrogens with zero attached hydrogens (tertiary/aromatic N) is 3. The maximum Gasteiger partial charge on any atom is 0.267 e. The Kier molecular flexibility index (Phi) is 4.99. The van der Waals surface area contributed by atoms with Crippen LogP contribution in [0.4, 0.5) is 0 Å². The van der Waals surface area contributed by atoms with Gasteiger partial charge in [0, 0.05) is 30.1 Å². The Bertz CT molecular complexity index is 842. The van der Waals surface area contributed by atoms with E-state index in [1.165, 1.54) is 0 Å². The molecule has 1 amide bonds. The Labute approximate surface area is 154 Å². The summed E-state index contributed by atoms with van der Waals surface area (Å²) in [6.07, 6.45) is 1.51. The molecule has 5 nitrogen and oxygen atoms in total. The van der Waals surface area contributed by atoms with Crippen molar-refractivity contribution >= 4 is 5.91 Å². The van der Waals surface area contributed by atoms with Gasteiger partial charge in [0.15, 0.2) is 0 Å². The maximum atomic E-state index is 12.5. The number of rotatable bonds is 2. The summed E-state index contributed by atoms with van der Waals surface area (Å²) in [5.41, 5.74) is 2.31. The van der Waals surface area contributed by atoms with Crippen LogP contribution in [0, 0.1) is 12.3 Å². The minimum absolute atomic E-state index is 0.0366. The first kappa shape index (κ1) is 18.4. The molecule has 0 spiro atoms. The largest absolute Gasteiger partial charge is 0.342 e. The molecule has 3 rings (SSSR count). The van der Waals surface area contributed by atoms with Crippen molar-refractivity contribution in [3.8, 4) is 11.3 Å². The van der Waals surface area contributed by atoms with Gasteiger partial charge in [-0.1, -0.05) is 51.1 Å². The summed E-state index contributed by atoms with van der Waals surface area (Å²) in [6, 6.07) is 11.6. The number of piperidine rings is 1. The van der Waals surface area contributed by atoms with E-state index in [0.29, 0.717) is 13.1 Å². The number of carbonyl (C=O) groups is 1. The lowest BCUT2D eigenvalue weighted by Gasteiger charge is -2.36. The molecule has 0 unspecified atom stereocenters. The van der Waals surface area contributed by atoms with Crippen molar-refractivity contribution in [3.63, 3.8) is 0 Å². The van der Waals surface area contributed by atoms with Crippen LogP contribution in [-0.2, 0) is 4.79 Å². The van der Waals surface area contributed by atoms with E-state index in [1.54, 1.807) is 10.7 Å². The normalized spacial score (nSPS) is 15.9. The molecule has 1 aromatic carbocycles. The molecule has 1 aromatic heterocycles. The molecule has 5 heteroatoms. The van der Waals surface area contributed by atoms with Gasteiger partial charge in [-0.15, -0.1) is 0 Å². The smallest absolute Gasteiger partial charge is 0.267 e. The Morgan fingerprint density at radius 2 is 1.73 bits per heavy atom. The van der Waals surface area contributed by atoms with Crippen molar-refractivity contribution in [1.29, 1.82) is 0 Å². The summed E-state index contributed by atoms with van der Waals surface area (Å²) in [4.78, 5) is 26.9. The van der Waals surface area contributed by atoms with Crippen LogP contribution in [0.1, 0.15) is 45.2 Å². The Balaban J connectivity index is 1.83. The van der Waals surface area contributed by atoms with Crippen LogP contribution in [0.3, 0.4) is 0 Å². The van der Waals surface area contributed by atoms with E-state index in [9.17, 15) is 9.59 Å². The molecule has 0 aliphatic carbocycles. The monoisotopic (exact) mass is 353 g/mol. The second kappa shape index (κ2) is 7.06. The van der Waals surface area contributed by atoms with Gasteiger partial charge in [-0.2, -0.15) is 5.10 Å². The fraction of sp³-hybridized carbons (Fsp3) is 0.476. The van der Waals surface area contributed by atoms with Crippen molar-refractivity contribution < 1.29 is 4.79 Å². The average molecular weight is 353 g/mol. The predicted octanol–water partition coefficient (Wildman–Crippen LogP) is 3.43. The van der Waals surface area contributed by atoms with E-state index in [4.69, 9.17) is 0 Å². The van der Waals surface area contributed by atoms with Gasteiger partial charge in [-0.25, -0.2) is 4.68 Å². The van der Waals surface area contributed by atoms with Gasteiger partial charge in [-0.05, 0) is 25.3 Å². The van der Waals surface area contributed by atoms with Gasteiger partial charge in [-0.3, -0.25) is 9.59 Å². The van der Waals surface area contributed by atoms with Crippen molar-refractivity contribution in [3.05, 3.63) is 52.3 Å². The third-order valence-corrected chi connectivity index (χ3v) is 4.93. The number of amides is 1. The molecule has 1 fully saturated rings. The van der Waals surface area contributed by atoms with Crippen LogP contribution in [0.15, 0.2) is 41.2 Å². The average Bonchev–Trinajstić information content (AvgIpc) is 2.61. The highest BCUT2D eigenvalue weighted by Gasteiger charge is 2.31. The number of benzene rings is 1. The summed E-state index contributed by atoms with van der Waals surface area (Å²) in [6.45, 7) is 9.09. The summed E-state index contributed by atoms with van der Waals surface area (Å²) < 4.78 is 1.62. The van der Waals surface area contributed by atoms with Crippen LogP contribution < -0.4 is 5.56 Å². The highest BCUT2D eigenvalue weighted by atomic mass is 16.2. The summed E-state index contributed by atoms with van der Waals surface area (Å²) in [5, 5.41) is 4.69. The highest BCUT2D eigenvalue weighted by Crippen LogP contribution is 2.26. The fourth-order valence-corrected chi connectivity index (χ4v) is 3.49. The number of carbonyl (C=O) groups excluding carboxylic acids is 1. The van der Waals surface area contributed by atoms with Gasteiger partial charge in [0.25, 0.3) is 5.56 Å². The standard InChI is InChI=1S/C21H27N3O2/c1-15-14-18(25)24(22-19(15)16-8-6-5-7-9-16)17-10-12-23(13-11-17)20(26)21(2,3)4/h5-9,14,17H,10-13H2,1-4H3. The number of hydrogen-bond donors (Lipinski definition) is 0. The molecule has 2 aromatic rings. The van der Waals surface area contributed by atoms with Crippen molar-refractivity contribution in [2.75, 3.05) is 13.1 Å². The van der Waals surface area contributed by atoms with Crippen LogP contribution in [0.25, 0.3) is 11.3 Å². The van der Waals surface area contributed by atoms with Gasteiger partial charge in [0.05, 0.1) is 11.7 Å². The number of hydrogen-bond acceptors (Lipinski definition) is 3. The number of aryl methyl sites for hydroxylation is 1. The van der Waals surface area contributed by atoms with E-state index >= 15 is 0 Å². The molecule has 138 valence electrons. The zero-order valence-electron chi connectivity index (χ0n) is 16.0. The molecular formula is C21H27N3O2. The molecule has 0 atom stereocenters. The first-order valence-corrected chi connectivity index (χ1v) is 9.22. The molecule has 0 radical (unpaired) electrons. The summed E-state index contributed by atoms with van der Waals surface area (Å²) >= 11 is 0. The minimum atomic E-state index is -0.369. The highest BCUT2D eigenvalue weighted by molar-refractivity contribution is 5.81. The molecule has 0 N–H and O–H groups in total. The SMILES string of the molecule is Cc1cc(=O)n(C2CCN(C(=O)C(C)(C)C)CC2)nc1-c1ccccc1. The Morgan fingerprint density at radius 3 is 2.31 bits per heavy atom. The predicted molar refractivity (Wildman–Crippen MR) is 103 cm³/mol. The summed E-state index contributed by atoms with van der Waals surface area (Å²) in [7, 11) is 0. The number of likely N-dealkylation sites (tertiary alicyclic amines) is 1. The zero-order valence-corrected chi connectivity index (χ0v) is 16.0. The first-order valence-electron chi connectivity index (χ1n) is 9.22. The van der Waals surface area contributed by atoms with Gasteiger partial charge in [0.1, 0.15) is 0 Å². The minimum Gasteiger partial charge on any atom is -0.342 e. The van der Waals surface area contributed by atoms with E-state index in [2.05, 4.69) is 5.10 Å².